The fourth-order valence-corrected chi connectivity index (χ4v) is 3.82. The molecule has 0 radical (unpaired) electrons. The highest BCUT2D eigenvalue weighted by molar-refractivity contribution is 5.87. The predicted octanol–water partition coefficient (Wildman–Crippen LogP) is 3.62. The summed E-state index contributed by atoms with van der Waals surface area (Å²) in [5.74, 6) is -0.988. The minimum absolute atomic E-state index is 0.0455. The zero-order valence-corrected chi connectivity index (χ0v) is 17.7. The molecular weight excluding hydrogens is 399 g/mol. The van der Waals surface area contributed by atoms with E-state index in [9.17, 15) is 14.0 Å². The number of carbonyl (C=O) groups excluding carboxylic acids is 2. The van der Waals surface area contributed by atoms with Crippen molar-refractivity contribution >= 4 is 28.5 Å². The number of piperazine rings is 1. The second kappa shape index (κ2) is 8.79. The van der Waals surface area contributed by atoms with Gasteiger partial charge in [0.2, 0.25) is 0 Å². The maximum absolute atomic E-state index is 13.9. The molecule has 6 nitrogen and oxygen atoms in total. The summed E-state index contributed by atoms with van der Waals surface area (Å²) in [6, 6.07) is 10.6. The number of carbonyl (C=O) groups is 2. The largest absolute Gasteiger partial charge is 0.464 e. The van der Waals surface area contributed by atoms with E-state index in [4.69, 9.17) is 9.15 Å². The standard InChI is InChI=1S/C24H25FN2O4/c1-16-11-19-18(14-30-22(19)12-17(16)2)13-24(29)31-15-23(28)27-9-7-26(8-10-27)21-6-4-3-5-20(21)25/h3-6,11-12,14H,7-10,13,15H2,1-2H3. The summed E-state index contributed by atoms with van der Waals surface area (Å²) in [5, 5.41) is 0.885. The van der Waals surface area contributed by atoms with Gasteiger partial charge in [0.25, 0.3) is 5.91 Å². The van der Waals surface area contributed by atoms with Crippen molar-refractivity contribution < 1.29 is 23.1 Å². The third-order valence-electron chi connectivity index (χ3n) is 5.79. The molecule has 0 N–H and O–H groups in total. The highest BCUT2D eigenvalue weighted by Gasteiger charge is 2.23. The Morgan fingerprint density at radius 2 is 1.77 bits per heavy atom. The number of para-hydroxylation sites is 1. The molecule has 0 bridgehead atoms. The van der Waals surface area contributed by atoms with Crippen LogP contribution in [0.15, 0.2) is 47.1 Å². The number of esters is 1. The lowest BCUT2D eigenvalue weighted by Crippen LogP contribution is -2.50. The SMILES string of the molecule is Cc1cc2occ(CC(=O)OCC(=O)N3CCN(c4ccccc4F)CC3)c2cc1C. The van der Waals surface area contributed by atoms with Gasteiger partial charge in [-0.3, -0.25) is 9.59 Å². The zero-order chi connectivity index (χ0) is 22.0. The van der Waals surface area contributed by atoms with Crippen molar-refractivity contribution in [2.45, 2.75) is 20.3 Å². The lowest BCUT2D eigenvalue weighted by Gasteiger charge is -2.36. The Hall–Kier alpha value is -3.35. The van der Waals surface area contributed by atoms with Gasteiger partial charge < -0.3 is 19.0 Å². The molecule has 1 aliphatic heterocycles. The van der Waals surface area contributed by atoms with Crippen LogP contribution in [-0.2, 0) is 20.7 Å². The Morgan fingerprint density at radius 3 is 2.52 bits per heavy atom. The number of anilines is 1. The number of hydrogen-bond acceptors (Lipinski definition) is 5. The number of nitrogens with zero attached hydrogens (tertiary/aromatic N) is 2. The van der Waals surface area contributed by atoms with Crippen molar-refractivity contribution in [2.75, 3.05) is 37.7 Å². The van der Waals surface area contributed by atoms with Gasteiger partial charge in [0, 0.05) is 37.1 Å². The number of hydrogen-bond donors (Lipinski definition) is 0. The van der Waals surface area contributed by atoms with Crippen molar-refractivity contribution in [2.24, 2.45) is 0 Å². The van der Waals surface area contributed by atoms with Crippen LogP contribution in [0.5, 0.6) is 0 Å². The van der Waals surface area contributed by atoms with Gasteiger partial charge in [-0.1, -0.05) is 12.1 Å². The molecule has 1 saturated heterocycles. The Balaban J connectivity index is 1.28. The quantitative estimate of drug-likeness (QED) is 0.586. The highest BCUT2D eigenvalue weighted by atomic mass is 19.1. The van der Waals surface area contributed by atoms with Crippen LogP contribution >= 0.6 is 0 Å². The van der Waals surface area contributed by atoms with Crippen LogP contribution in [0.1, 0.15) is 16.7 Å². The molecule has 162 valence electrons. The second-order valence-electron chi connectivity index (χ2n) is 7.85. The van der Waals surface area contributed by atoms with E-state index in [0.717, 1.165) is 27.7 Å². The zero-order valence-electron chi connectivity index (χ0n) is 17.7. The fraction of sp³-hybridized carbons (Fsp3) is 0.333. The molecule has 0 atom stereocenters. The molecule has 0 unspecified atom stereocenters. The highest BCUT2D eigenvalue weighted by Crippen LogP contribution is 2.25. The summed E-state index contributed by atoms with van der Waals surface area (Å²) in [6.45, 7) is 5.68. The van der Waals surface area contributed by atoms with Crippen LogP contribution in [0.4, 0.5) is 10.1 Å². The molecule has 0 aliphatic carbocycles. The van der Waals surface area contributed by atoms with E-state index in [1.807, 2.05) is 30.9 Å². The van der Waals surface area contributed by atoms with Crippen molar-refractivity contribution in [1.82, 2.24) is 4.90 Å². The predicted molar refractivity (Wildman–Crippen MR) is 116 cm³/mol. The first-order chi connectivity index (χ1) is 14.9. The van der Waals surface area contributed by atoms with E-state index in [0.29, 0.717) is 31.9 Å². The molecule has 2 heterocycles. The molecule has 1 amide bonds. The van der Waals surface area contributed by atoms with Gasteiger partial charge in [0.1, 0.15) is 11.4 Å². The van der Waals surface area contributed by atoms with E-state index in [2.05, 4.69) is 0 Å². The molecule has 4 rings (SSSR count). The summed E-state index contributed by atoms with van der Waals surface area (Å²) in [6.07, 6.45) is 1.61. The average molecular weight is 424 g/mol. The van der Waals surface area contributed by atoms with Gasteiger partial charge in [0.05, 0.1) is 18.4 Å². The molecule has 1 aromatic heterocycles. The van der Waals surface area contributed by atoms with Gasteiger partial charge in [-0.15, -0.1) is 0 Å². The lowest BCUT2D eigenvalue weighted by atomic mass is 10.0. The normalized spacial score (nSPS) is 14.2. The van der Waals surface area contributed by atoms with Crippen LogP contribution in [0, 0.1) is 19.7 Å². The summed E-state index contributed by atoms with van der Waals surface area (Å²) >= 11 is 0. The maximum Gasteiger partial charge on any atom is 0.310 e. The topological polar surface area (TPSA) is 63.0 Å². The lowest BCUT2D eigenvalue weighted by molar-refractivity contribution is -0.151. The van der Waals surface area contributed by atoms with E-state index in [1.54, 1.807) is 29.4 Å². The van der Waals surface area contributed by atoms with Crippen molar-refractivity contribution in [3.8, 4) is 0 Å². The number of aryl methyl sites for hydroxylation is 2. The van der Waals surface area contributed by atoms with Crippen molar-refractivity contribution in [3.63, 3.8) is 0 Å². The molecule has 31 heavy (non-hydrogen) atoms. The molecule has 1 aliphatic rings. The van der Waals surface area contributed by atoms with E-state index < -0.39 is 5.97 Å². The number of fused-ring (bicyclic) bond motifs is 1. The van der Waals surface area contributed by atoms with Gasteiger partial charge in [-0.2, -0.15) is 0 Å². The number of benzene rings is 2. The van der Waals surface area contributed by atoms with Crippen LogP contribution in [0.3, 0.4) is 0 Å². The first-order valence-electron chi connectivity index (χ1n) is 10.3. The third kappa shape index (κ3) is 4.55. The van der Waals surface area contributed by atoms with Gasteiger partial charge in [-0.05, 0) is 49.2 Å². The smallest absolute Gasteiger partial charge is 0.310 e. The van der Waals surface area contributed by atoms with Gasteiger partial charge in [-0.25, -0.2) is 4.39 Å². The van der Waals surface area contributed by atoms with Crippen LogP contribution in [0.2, 0.25) is 0 Å². The number of rotatable bonds is 5. The van der Waals surface area contributed by atoms with Crippen LogP contribution < -0.4 is 4.90 Å². The number of amides is 1. The number of furan rings is 1. The third-order valence-corrected chi connectivity index (χ3v) is 5.79. The van der Waals surface area contributed by atoms with Gasteiger partial charge >= 0.3 is 5.97 Å². The summed E-state index contributed by atoms with van der Waals surface area (Å²) in [4.78, 5) is 28.3. The van der Waals surface area contributed by atoms with E-state index in [1.165, 1.54) is 6.07 Å². The first-order valence-corrected chi connectivity index (χ1v) is 10.3. The Morgan fingerprint density at radius 1 is 1.06 bits per heavy atom. The Bertz CT molecular complexity index is 1120. The van der Waals surface area contributed by atoms with Gasteiger partial charge in [0.15, 0.2) is 6.61 Å². The summed E-state index contributed by atoms with van der Waals surface area (Å²) in [5.41, 5.74) is 4.26. The minimum atomic E-state index is -0.473. The molecule has 0 spiro atoms. The molecule has 3 aromatic rings. The van der Waals surface area contributed by atoms with Crippen molar-refractivity contribution in [1.29, 1.82) is 0 Å². The fourth-order valence-electron chi connectivity index (χ4n) is 3.82. The second-order valence-corrected chi connectivity index (χ2v) is 7.85. The summed E-state index contributed by atoms with van der Waals surface area (Å²) in [7, 11) is 0. The number of ether oxygens (including phenoxy) is 1. The van der Waals surface area contributed by atoms with Crippen LogP contribution in [-0.4, -0.2) is 49.6 Å². The Kier molecular flexibility index (Phi) is 5.93. The number of halogens is 1. The first kappa shape index (κ1) is 20.9. The molecule has 7 heteroatoms. The molecule has 1 fully saturated rings. The minimum Gasteiger partial charge on any atom is -0.464 e. The molecular formula is C24H25FN2O4. The molecule has 2 aromatic carbocycles. The summed E-state index contributed by atoms with van der Waals surface area (Å²) < 4.78 is 24.7. The Labute approximate surface area is 180 Å². The van der Waals surface area contributed by atoms with Crippen molar-refractivity contribution in [3.05, 3.63) is 65.2 Å². The monoisotopic (exact) mass is 424 g/mol. The average Bonchev–Trinajstić information content (AvgIpc) is 3.14. The van der Waals surface area contributed by atoms with Crippen LogP contribution in [0.25, 0.3) is 11.0 Å². The molecule has 0 saturated carbocycles. The maximum atomic E-state index is 13.9. The van der Waals surface area contributed by atoms with E-state index in [-0.39, 0.29) is 24.8 Å². The van der Waals surface area contributed by atoms with E-state index >= 15 is 0 Å².